The van der Waals surface area contributed by atoms with Crippen molar-refractivity contribution in [3.63, 3.8) is 0 Å². The molecule has 3 nitrogen and oxygen atoms in total. The Hall–Kier alpha value is -1.09. The summed E-state index contributed by atoms with van der Waals surface area (Å²) in [5.41, 5.74) is 0.441. The molecular formula is C11H13ClN2O. The van der Waals surface area contributed by atoms with Crippen LogP contribution in [0.25, 0.3) is 0 Å². The number of carbonyl (C=O) groups is 1. The largest absolute Gasteiger partial charge is 0.335 e. The van der Waals surface area contributed by atoms with Gasteiger partial charge in [-0.2, -0.15) is 0 Å². The van der Waals surface area contributed by atoms with E-state index in [9.17, 15) is 4.79 Å². The summed E-state index contributed by atoms with van der Waals surface area (Å²) in [6, 6.07) is 5.55. The Labute approximate surface area is 94.1 Å². The van der Waals surface area contributed by atoms with Gasteiger partial charge in [-0.3, -0.25) is 4.79 Å². The summed E-state index contributed by atoms with van der Waals surface area (Å²) in [5.74, 6) is -0.0116. The first-order valence-corrected chi connectivity index (χ1v) is 5.53. The van der Waals surface area contributed by atoms with E-state index in [-0.39, 0.29) is 5.91 Å². The fourth-order valence-electron chi connectivity index (χ4n) is 1.63. The lowest BCUT2D eigenvalue weighted by Gasteiger charge is -2.19. The predicted octanol–water partition coefficient (Wildman–Crippen LogP) is 2.36. The third-order valence-electron chi connectivity index (χ3n) is 2.52. The Kier molecular flexibility index (Phi) is 2.91. The van der Waals surface area contributed by atoms with Crippen LogP contribution in [0.5, 0.6) is 0 Å². The zero-order valence-electron chi connectivity index (χ0n) is 8.61. The molecule has 0 aliphatic heterocycles. The number of aromatic nitrogens is 1. The maximum Gasteiger partial charge on any atom is 0.272 e. The molecule has 0 radical (unpaired) electrons. The normalized spacial score (nSPS) is 15.1. The molecule has 1 heterocycles. The van der Waals surface area contributed by atoms with E-state index in [0.29, 0.717) is 16.9 Å². The number of pyridine rings is 1. The van der Waals surface area contributed by atoms with E-state index in [1.807, 2.05) is 11.8 Å². The van der Waals surface area contributed by atoms with E-state index in [1.165, 1.54) is 0 Å². The van der Waals surface area contributed by atoms with Crippen molar-refractivity contribution in [1.82, 2.24) is 9.88 Å². The minimum atomic E-state index is -0.0116. The van der Waals surface area contributed by atoms with Crippen LogP contribution in [0.2, 0.25) is 5.15 Å². The summed E-state index contributed by atoms with van der Waals surface area (Å²) in [6.45, 7) is 2.72. The molecule has 0 spiro atoms. The highest BCUT2D eigenvalue weighted by Crippen LogP contribution is 2.27. The minimum Gasteiger partial charge on any atom is -0.335 e. The molecule has 4 heteroatoms. The Bertz CT molecular complexity index is 377. The zero-order valence-corrected chi connectivity index (χ0v) is 9.37. The van der Waals surface area contributed by atoms with E-state index >= 15 is 0 Å². The number of carbonyl (C=O) groups excluding carboxylic acids is 1. The topological polar surface area (TPSA) is 33.2 Å². The van der Waals surface area contributed by atoms with Crippen molar-refractivity contribution in [3.8, 4) is 0 Å². The van der Waals surface area contributed by atoms with Crippen molar-refractivity contribution in [1.29, 1.82) is 0 Å². The second-order valence-corrected chi connectivity index (χ2v) is 4.06. The summed E-state index contributed by atoms with van der Waals surface area (Å²) in [5, 5.41) is 0.368. The van der Waals surface area contributed by atoms with Crippen LogP contribution in [0.3, 0.4) is 0 Å². The van der Waals surface area contributed by atoms with Gasteiger partial charge >= 0.3 is 0 Å². The molecule has 0 N–H and O–H groups in total. The van der Waals surface area contributed by atoms with Crippen LogP contribution >= 0.6 is 11.6 Å². The van der Waals surface area contributed by atoms with Gasteiger partial charge < -0.3 is 4.90 Å². The summed E-state index contributed by atoms with van der Waals surface area (Å²) in [6.07, 6.45) is 2.22. The molecule has 0 bridgehead atoms. The highest BCUT2D eigenvalue weighted by Gasteiger charge is 2.32. The number of rotatable bonds is 3. The monoisotopic (exact) mass is 224 g/mol. The average molecular weight is 225 g/mol. The first-order valence-electron chi connectivity index (χ1n) is 5.16. The third kappa shape index (κ3) is 2.29. The Morgan fingerprint density at radius 2 is 2.33 bits per heavy atom. The maximum absolute atomic E-state index is 12.0. The summed E-state index contributed by atoms with van der Waals surface area (Å²) in [4.78, 5) is 17.9. The quantitative estimate of drug-likeness (QED) is 0.739. The van der Waals surface area contributed by atoms with Crippen molar-refractivity contribution in [2.45, 2.75) is 25.8 Å². The molecule has 0 saturated heterocycles. The lowest BCUT2D eigenvalue weighted by atomic mass is 10.3. The molecule has 15 heavy (non-hydrogen) atoms. The zero-order chi connectivity index (χ0) is 10.8. The van der Waals surface area contributed by atoms with E-state index in [0.717, 1.165) is 19.4 Å². The third-order valence-corrected chi connectivity index (χ3v) is 2.73. The van der Waals surface area contributed by atoms with Gasteiger partial charge in [0.1, 0.15) is 10.8 Å². The van der Waals surface area contributed by atoms with E-state index in [4.69, 9.17) is 11.6 Å². The van der Waals surface area contributed by atoms with Crippen LogP contribution in [-0.2, 0) is 0 Å². The summed E-state index contributed by atoms with van der Waals surface area (Å²) < 4.78 is 0. The number of hydrogen-bond acceptors (Lipinski definition) is 2. The second kappa shape index (κ2) is 4.19. The van der Waals surface area contributed by atoms with Crippen LogP contribution in [0.4, 0.5) is 0 Å². The molecule has 1 aromatic heterocycles. The average Bonchev–Trinajstić information content (AvgIpc) is 3.03. The number of hydrogen-bond donors (Lipinski definition) is 0. The molecule has 1 aromatic rings. The summed E-state index contributed by atoms with van der Waals surface area (Å²) >= 11 is 5.75. The molecule has 2 rings (SSSR count). The molecule has 80 valence electrons. The lowest BCUT2D eigenvalue weighted by Crippen LogP contribution is -2.33. The van der Waals surface area contributed by atoms with Crippen LogP contribution in [0, 0.1) is 0 Å². The van der Waals surface area contributed by atoms with Crippen LogP contribution in [-0.4, -0.2) is 28.4 Å². The fourth-order valence-corrected chi connectivity index (χ4v) is 1.79. The molecule has 1 aliphatic carbocycles. The smallest absolute Gasteiger partial charge is 0.272 e. The SMILES string of the molecule is CCN(C(=O)c1cccc(Cl)n1)C1CC1. The number of halogens is 1. The van der Waals surface area contributed by atoms with Crippen molar-refractivity contribution in [3.05, 3.63) is 29.0 Å². The van der Waals surface area contributed by atoms with Crippen LogP contribution < -0.4 is 0 Å². The highest BCUT2D eigenvalue weighted by molar-refractivity contribution is 6.29. The van der Waals surface area contributed by atoms with Gasteiger partial charge in [0.15, 0.2) is 0 Å². The van der Waals surface area contributed by atoms with Crippen molar-refractivity contribution in [2.75, 3.05) is 6.54 Å². The number of amides is 1. The fraction of sp³-hybridized carbons (Fsp3) is 0.455. The molecule has 1 aliphatic rings. The molecule has 0 unspecified atom stereocenters. The first kappa shape index (κ1) is 10.4. The van der Waals surface area contributed by atoms with Gasteiger partial charge in [0.25, 0.3) is 5.91 Å². The molecule has 0 atom stereocenters. The lowest BCUT2D eigenvalue weighted by molar-refractivity contribution is 0.0746. The first-order chi connectivity index (χ1) is 7.22. The van der Waals surface area contributed by atoms with Crippen molar-refractivity contribution >= 4 is 17.5 Å². The van der Waals surface area contributed by atoms with Gasteiger partial charge in [-0.05, 0) is 31.9 Å². The molecule has 1 fully saturated rings. The Morgan fingerprint density at radius 1 is 1.60 bits per heavy atom. The summed E-state index contributed by atoms with van der Waals surface area (Å²) in [7, 11) is 0. The van der Waals surface area contributed by atoms with Gasteiger partial charge in [0, 0.05) is 12.6 Å². The standard InChI is InChI=1S/C11H13ClN2O/c1-2-14(8-6-7-8)11(15)9-4-3-5-10(12)13-9/h3-5,8H,2,6-7H2,1H3. The van der Waals surface area contributed by atoms with Gasteiger partial charge in [-0.25, -0.2) is 4.98 Å². The maximum atomic E-state index is 12.0. The van der Waals surface area contributed by atoms with Crippen LogP contribution in [0.15, 0.2) is 18.2 Å². The molecule has 1 amide bonds. The predicted molar refractivity (Wildman–Crippen MR) is 59.0 cm³/mol. The van der Waals surface area contributed by atoms with Gasteiger partial charge in [0.05, 0.1) is 0 Å². The van der Waals surface area contributed by atoms with Crippen molar-refractivity contribution in [2.24, 2.45) is 0 Å². The van der Waals surface area contributed by atoms with E-state index in [2.05, 4.69) is 4.98 Å². The van der Waals surface area contributed by atoms with Crippen molar-refractivity contribution < 1.29 is 4.79 Å². The Balaban J connectivity index is 2.18. The van der Waals surface area contributed by atoms with E-state index < -0.39 is 0 Å². The highest BCUT2D eigenvalue weighted by atomic mass is 35.5. The molecule has 0 aromatic carbocycles. The van der Waals surface area contributed by atoms with Gasteiger partial charge in [-0.1, -0.05) is 17.7 Å². The van der Waals surface area contributed by atoms with Gasteiger partial charge in [-0.15, -0.1) is 0 Å². The van der Waals surface area contributed by atoms with Crippen LogP contribution in [0.1, 0.15) is 30.3 Å². The second-order valence-electron chi connectivity index (χ2n) is 3.67. The minimum absolute atomic E-state index is 0.0116. The van der Waals surface area contributed by atoms with Gasteiger partial charge in [0.2, 0.25) is 0 Å². The Morgan fingerprint density at radius 3 is 2.87 bits per heavy atom. The molecule has 1 saturated carbocycles. The number of nitrogens with zero attached hydrogens (tertiary/aromatic N) is 2. The molecular weight excluding hydrogens is 212 g/mol. The van der Waals surface area contributed by atoms with E-state index in [1.54, 1.807) is 18.2 Å².